The minimum atomic E-state index is -1.88. The van der Waals surface area contributed by atoms with Crippen molar-refractivity contribution >= 4 is 5.97 Å². The van der Waals surface area contributed by atoms with E-state index in [9.17, 15) is 61.0 Å². The van der Waals surface area contributed by atoms with Crippen LogP contribution in [0.4, 0.5) is 0 Å². The lowest BCUT2D eigenvalue weighted by atomic mass is 9.36. The second-order valence-corrected chi connectivity index (χ2v) is 23.0. The maximum Gasteiger partial charge on any atom is 0.333 e. The highest BCUT2D eigenvalue weighted by Gasteiger charge is 2.87. The summed E-state index contributed by atoms with van der Waals surface area (Å²) in [7, 11) is 0. The molecule has 0 aromatic rings. The van der Waals surface area contributed by atoms with Crippen molar-refractivity contribution in [1.29, 1.82) is 0 Å². The molecule has 19 heteroatoms. The minimum Gasteiger partial charge on any atom is -0.458 e. The van der Waals surface area contributed by atoms with E-state index in [0.717, 1.165) is 38.5 Å². The van der Waals surface area contributed by atoms with Crippen LogP contribution in [0.3, 0.4) is 0 Å². The van der Waals surface area contributed by atoms with Crippen molar-refractivity contribution in [3.05, 3.63) is 11.6 Å². The van der Waals surface area contributed by atoms with Gasteiger partial charge in [0.25, 0.3) is 0 Å². The standard InChI is InChI=1S/C48H76O19/c1-21-7-8-25(63-39(21)60)22(2)30-23(51)15-46(6)44(30,4)13-14-48-19-47(48)12-10-29(43(3,20-50)28(47)9-11-45(46,48)5)66-42-38(31(53)24(52)17-61-42)67-41-37(59)35(57)33(55)27(65-41)18-62-40-36(58)34(56)32(54)26(16-49)64-40/h7,22-38,40-42,49-59H,8-20H2,1-6H3. The lowest BCUT2D eigenvalue weighted by Gasteiger charge is -2.68. The number of ether oxygens (including phenoxy) is 7. The van der Waals surface area contributed by atoms with Crippen LogP contribution in [-0.2, 0) is 38.0 Å². The molecule has 26 unspecified atom stereocenters. The van der Waals surface area contributed by atoms with E-state index in [2.05, 4.69) is 27.7 Å². The van der Waals surface area contributed by atoms with Gasteiger partial charge in [0.2, 0.25) is 0 Å². The van der Waals surface area contributed by atoms with Crippen LogP contribution in [0.25, 0.3) is 0 Å². The molecule has 67 heavy (non-hydrogen) atoms. The lowest BCUT2D eigenvalue weighted by Crippen LogP contribution is -2.65. The molecule has 19 nitrogen and oxygen atoms in total. The highest BCUT2D eigenvalue weighted by atomic mass is 16.8. The summed E-state index contributed by atoms with van der Waals surface area (Å²) in [6.45, 7) is 11.3. The first kappa shape index (κ1) is 50.5. The first-order chi connectivity index (χ1) is 31.5. The van der Waals surface area contributed by atoms with E-state index in [0.29, 0.717) is 24.8 Å². The van der Waals surface area contributed by atoms with Crippen molar-refractivity contribution in [2.45, 2.75) is 204 Å². The zero-order valence-corrected chi connectivity index (χ0v) is 39.5. The van der Waals surface area contributed by atoms with Gasteiger partial charge >= 0.3 is 5.97 Å². The summed E-state index contributed by atoms with van der Waals surface area (Å²) in [6, 6.07) is 0. The monoisotopic (exact) mass is 956 g/mol. The number of carbonyl (C=O) groups excluding carboxylic acids is 1. The Morgan fingerprint density at radius 3 is 2.09 bits per heavy atom. The van der Waals surface area contributed by atoms with Crippen molar-refractivity contribution < 1.29 is 94.1 Å². The van der Waals surface area contributed by atoms with Crippen molar-refractivity contribution in [2.75, 3.05) is 26.4 Å². The Bertz CT molecular complexity index is 1870. The van der Waals surface area contributed by atoms with E-state index in [1.807, 2.05) is 13.0 Å². The van der Waals surface area contributed by atoms with Crippen LogP contribution >= 0.6 is 0 Å². The highest BCUT2D eigenvalue weighted by Crippen LogP contribution is 2.93. The number of cyclic esters (lactones) is 1. The van der Waals surface area contributed by atoms with E-state index >= 15 is 0 Å². The minimum absolute atomic E-state index is 0.0379. The van der Waals surface area contributed by atoms with Crippen LogP contribution in [-0.4, -0.2) is 193 Å². The van der Waals surface area contributed by atoms with Gasteiger partial charge in [0.15, 0.2) is 18.9 Å². The molecule has 0 aromatic heterocycles. The number of hydrogen-bond donors (Lipinski definition) is 11. The fourth-order valence-electron chi connectivity index (χ4n) is 16.3. The number of fused-ring (bicyclic) bond motifs is 2. The van der Waals surface area contributed by atoms with Crippen LogP contribution in [0, 0.1) is 50.2 Å². The SMILES string of the molecule is CC1=CCC(C(C)C2C(O)CC3(C)C2(C)CCC24CC25CCC(OC2OCC(O)C(O)C2OC2OC(COC6OC(CO)C(O)C(O)C6O)C(O)C(O)C2O)C(C)(CO)C5CCC34C)OC1=O. The molecule has 0 amide bonds. The summed E-state index contributed by atoms with van der Waals surface area (Å²) in [5.74, 6) is -0.339. The van der Waals surface area contributed by atoms with Crippen LogP contribution in [0.15, 0.2) is 11.6 Å². The van der Waals surface area contributed by atoms with Crippen molar-refractivity contribution in [3.63, 3.8) is 0 Å². The van der Waals surface area contributed by atoms with Crippen molar-refractivity contribution in [2.24, 2.45) is 50.2 Å². The van der Waals surface area contributed by atoms with Gasteiger partial charge in [-0.05, 0) is 103 Å². The topological polar surface area (TPSA) is 304 Å². The fourth-order valence-corrected chi connectivity index (χ4v) is 16.3. The maximum atomic E-state index is 12.7. The predicted molar refractivity (Wildman–Crippen MR) is 230 cm³/mol. The molecule has 5 saturated carbocycles. The van der Waals surface area contributed by atoms with E-state index < -0.39 is 117 Å². The molecule has 4 heterocycles. The third-order valence-corrected chi connectivity index (χ3v) is 20.5. The number of hydrogen-bond acceptors (Lipinski definition) is 19. The Morgan fingerprint density at radius 2 is 1.42 bits per heavy atom. The zero-order chi connectivity index (χ0) is 48.6. The molecule has 4 aliphatic heterocycles. The molecule has 8 fully saturated rings. The van der Waals surface area contributed by atoms with Crippen LogP contribution in [0.5, 0.6) is 0 Å². The van der Waals surface area contributed by atoms with Gasteiger partial charge in [0.1, 0.15) is 73.2 Å². The average molecular weight is 957 g/mol. The number of aliphatic hydroxyl groups excluding tert-OH is 11. The van der Waals surface area contributed by atoms with Crippen LogP contribution < -0.4 is 0 Å². The fraction of sp³-hybridized carbons (Fsp3) is 0.938. The van der Waals surface area contributed by atoms with Gasteiger partial charge in [-0.2, -0.15) is 0 Å². The van der Waals surface area contributed by atoms with E-state index in [-0.39, 0.29) is 70.1 Å². The van der Waals surface area contributed by atoms with Gasteiger partial charge in [-0.15, -0.1) is 0 Å². The first-order valence-electron chi connectivity index (χ1n) is 24.6. The van der Waals surface area contributed by atoms with Crippen molar-refractivity contribution in [1.82, 2.24) is 0 Å². The largest absolute Gasteiger partial charge is 0.458 e. The van der Waals surface area contributed by atoms with Crippen molar-refractivity contribution in [3.8, 4) is 0 Å². The maximum absolute atomic E-state index is 12.7. The number of carbonyl (C=O) groups is 1. The second kappa shape index (κ2) is 17.6. The molecule has 382 valence electrons. The summed E-state index contributed by atoms with van der Waals surface area (Å²) in [5, 5.41) is 119. The smallest absolute Gasteiger partial charge is 0.333 e. The molecular weight excluding hydrogens is 881 g/mol. The first-order valence-corrected chi connectivity index (χ1v) is 24.6. The molecule has 0 aromatic carbocycles. The molecule has 0 bridgehead atoms. The molecule has 3 saturated heterocycles. The Balaban J connectivity index is 0.906. The normalized spacial score (nSPS) is 56.7. The van der Waals surface area contributed by atoms with Crippen LogP contribution in [0.1, 0.15) is 99.3 Å². The summed E-state index contributed by atoms with van der Waals surface area (Å²) >= 11 is 0. The molecular formula is C48H76O19. The number of aliphatic hydroxyl groups is 11. The van der Waals surface area contributed by atoms with Gasteiger partial charge < -0.3 is 89.3 Å². The third-order valence-electron chi connectivity index (χ3n) is 20.5. The zero-order valence-electron chi connectivity index (χ0n) is 39.5. The highest BCUT2D eigenvalue weighted by molar-refractivity contribution is 5.88. The Hall–Kier alpha value is -1.47. The second-order valence-electron chi connectivity index (χ2n) is 23.0. The Labute approximate surface area is 391 Å². The summed E-state index contributed by atoms with van der Waals surface area (Å²) < 4.78 is 41.7. The molecule has 2 spiro atoms. The summed E-state index contributed by atoms with van der Waals surface area (Å²) in [6.07, 6.45) is -14.9. The van der Waals surface area contributed by atoms with Gasteiger partial charge in [-0.25, -0.2) is 4.79 Å². The van der Waals surface area contributed by atoms with Gasteiger partial charge in [-0.1, -0.05) is 40.7 Å². The number of esters is 1. The molecule has 0 radical (unpaired) electrons. The third kappa shape index (κ3) is 7.25. The molecule has 26 atom stereocenters. The van der Waals surface area contributed by atoms with E-state index in [4.69, 9.17) is 33.2 Å². The lowest BCUT2D eigenvalue weighted by molar-refractivity contribution is -0.372. The van der Waals surface area contributed by atoms with Gasteiger partial charge in [0.05, 0.1) is 38.6 Å². The Kier molecular flexibility index (Phi) is 13.3. The van der Waals surface area contributed by atoms with Gasteiger partial charge in [0, 0.05) is 17.4 Å². The van der Waals surface area contributed by atoms with Gasteiger partial charge in [-0.3, -0.25) is 0 Å². The molecule has 9 rings (SSSR count). The molecule has 5 aliphatic carbocycles. The molecule has 9 aliphatic rings. The Morgan fingerprint density at radius 1 is 0.746 bits per heavy atom. The van der Waals surface area contributed by atoms with E-state index in [1.54, 1.807) is 6.92 Å². The molecule has 11 N–H and O–H groups in total. The summed E-state index contributed by atoms with van der Waals surface area (Å²) in [5.41, 5.74) is -0.874. The quantitative estimate of drug-likeness (QED) is 0.0886. The average Bonchev–Trinajstić information content (AvgIpc) is 3.92. The van der Waals surface area contributed by atoms with Crippen LogP contribution in [0.2, 0.25) is 0 Å². The number of rotatable bonds is 11. The predicted octanol–water partition coefficient (Wildman–Crippen LogP) is -0.871. The summed E-state index contributed by atoms with van der Waals surface area (Å²) in [4.78, 5) is 12.7. The van der Waals surface area contributed by atoms with E-state index in [1.165, 1.54) is 0 Å².